The van der Waals surface area contributed by atoms with Gasteiger partial charge in [0.15, 0.2) is 0 Å². The molecule has 0 saturated carbocycles. The summed E-state index contributed by atoms with van der Waals surface area (Å²) in [6.45, 7) is 5.53. The molecule has 0 radical (unpaired) electrons. The SMILES string of the molecule is CCC(CC(C)(CC)N(N)C(N)=O)N(N)C(N)=O. The Morgan fingerprint density at radius 3 is 1.94 bits per heavy atom. The molecule has 18 heavy (non-hydrogen) atoms. The highest BCUT2D eigenvalue weighted by atomic mass is 16.2. The Kier molecular flexibility index (Phi) is 5.86. The van der Waals surface area contributed by atoms with E-state index >= 15 is 0 Å². The van der Waals surface area contributed by atoms with E-state index in [2.05, 4.69) is 0 Å². The normalized spacial score (nSPS) is 15.6. The molecule has 4 amide bonds. The van der Waals surface area contributed by atoms with Gasteiger partial charge in [-0.05, 0) is 26.2 Å². The van der Waals surface area contributed by atoms with Crippen LogP contribution in [0.1, 0.15) is 40.0 Å². The average molecular weight is 260 g/mol. The minimum atomic E-state index is -0.725. The van der Waals surface area contributed by atoms with Gasteiger partial charge in [-0.1, -0.05) is 13.8 Å². The van der Waals surface area contributed by atoms with Crippen LogP contribution in [0.4, 0.5) is 9.59 Å². The standard InChI is InChI=1S/C10H24N6O2/c1-4-7(15(13)8(11)17)6-10(3,5-2)16(14)9(12)18/h7H,4-6,13-14H2,1-3H3,(H2,11,17)(H2,12,18). The predicted octanol–water partition coefficient (Wildman–Crippen LogP) is -0.167. The van der Waals surface area contributed by atoms with E-state index in [0.717, 1.165) is 10.0 Å². The molecule has 8 nitrogen and oxygen atoms in total. The number of hydrazine groups is 2. The highest BCUT2D eigenvalue weighted by molar-refractivity contribution is 5.72. The summed E-state index contributed by atoms with van der Waals surface area (Å²) in [6, 6.07) is -1.75. The first-order valence-corrected chi connectivity index (χ1v) is 5.87. The van der Waals surface area contributed by atoms with Crippen LogP contribution < -0.4 is 23.2 Å². The molecule has 2 unspecified atom stereocenters. The molecule has 106 valence electrons. The first-order valence-electron chi connectivity index (χ1n) is 5.87. The molecule has 0 bridgehead atoms. The Labute approximate surface area is 107 Å². The van der Waals surface area contributed by atoms with Gasteiger partial charge in [-0.2, -0.15) is 0 Å². The van der Waals surface area contributed by atoms with Crippen LogP contribution in [0, 0.1) is 0 Å². The lowest BCUT2D eigenvalue weighted by atomic mass is 9.88. The summed E-state index contributed by atoms with van der Waals surface area (Å²) in [5, 5.41) is 1.94. The van der Waals surface area contributed by atoms with Gasteiger partial charge in [0, 0.05) is 0 Å². The van der Waals surface area contributed by atoms with E-state index in [0.29, 0.717) is 19.3 Å². The number of urea groups is 2. The number of hydrogen-bond donors (Lipinski definition) is 4. The van der Waals surface area contributed by atoms with Crippen molar-refractivity contribution in [3.8, 4) is 0 Å². The van der Waals surface area contributed by atoms with E-state index in [1.165, 1.54) is 0 Å². The summed E-state index contributed by atoms with van der Waals surface area (Å²) < 4.78 is 0. The van der Waals surface area contributed by atoms with Crippen LogP contribution in [0.3, 0.4) is 0 Å². The van der Waals surface area contributed by atoms with Crippen molar-refractivity contribution in [3.05, 3.63) is 0 Å². The maximum atomic E-state index is 11.2. The molecule has 8 N–H and O–H groups in total. The van der Waals surface area contributed by atoms with Gasteiger partial charge in [-0.25, -0.2) is 21.3 Å². The molecule has 0 aliphatic rings. The fourth-order valence-corrected chi connectivity index (χ4v) is 1.81. The maximum Gasteiger partial charge on any atom is 0.329 e. The van der Waals surface area contributed by atoms with Crippen molar-refractivity contribution < 1.29 is 9.59 Å². The highest BCUT2D eigenvalue weighted by Crippen LogP contribution is 2.25. The highest BCUT2D eigenvalue weighted by Gasteiger charge is 2.35. The second kappa shape index (κ2) is 6.41. The van der Waals surface area contributed by atoms with Gasteiger partial charge in [0.05, 0.1) is 11.6 Å². The Morgan fingerprint density at radius 1 is 1.17 bits per heavy atom. The predicted molar refractivity (Wildman–Crippen MR) is 68.6 cm³/mol. The van der Waals surface area contributed by atoms with Gasteiger partial charge in [-0.3, -0.25) is 10.0 Å². The first kappa shape index (κ1) is 16.5. The second-order valence-corrected chi connectivity index (χ2v) is 4.57. The van der Waals surface area contributed by atoms with Crippen LogP contribution in [0.25, 0.3) is 0 Å². The van der Waals surface area contributed by atoms with Crippen LogP contribution in [-0.2, 0) is 0 Å². The van der Waals surface area contributed by atoms with Crippen molar-refractivity contribution >= 4 is 12.1 Å². The molecule has 0 fully saturated rings. The number of amides is 4. The van der Waals surface area contributed by atoms with E-state index in [-0.39, 0.29) is 6.04 Å². The first-order chi connectivity index (χ1) is 8.19. The third-order valence-corrected chi connectivity index (χ3v) is 3.38. The molecule has 0 saturated heterocycles. The summed E-state index contributed by atoms with van der Waals surface area (Å²) in [5.41, 5.74) is 9.63. The summed E-state index contributed by atoms with van der Waals surface area (Å²) in [4.78, 5) is 22.2. The number of nitrogens with two attached hydrogens (primary N) is 4. The number of carbonyl (C=O) groups excluding carboxylic acids is 2. The van der Waals surface area contributed by atoms with Gasteiger partial charge >= 0.3 is 12.1 Å². The van der Waals surface area contributed by atoms with Gasteiger partial charge in [0.1, 0.15) is 0 Å². The third kappa shape index (κ3) is 3.74. The van der Waals surface area contributed by atoms with Gasteiger partial charge in [0.2, 0.25) is 0 Å². The molecule has 0 spiro atoms. The van der Waals surface area contributed by atoms with Crippen LogP contribution >= 0.6 is 0 Å². The minimum Gasteiger partial charge on any atom is -0.350 e. The Balaban J connectivity index is 4.98. The van der Waals surface area contributed by atoms with Crippen LogP contribution in [0.5, 0.6) is 0 Å². The molecule has 0 aromatic carbocycles. The fourth-order valence-electron chi connectivity index (χ4n) is 1.81. The monoisotopic (exact) mass is 260 g/mol. The van der Waals surface area contributed by atoms with Crippen molar-refractivity contribution in [2.24, 2.45) is 23.2 Å². The average Bonchev–Trinajstić information content (AvgIpc) is 2.33. The second-order valence-electron chi connectivity index (χ2n) is 4.57. The quantitative estimate of drug-likeness (QED) is 0.298. The van der Waals surface area contributed by atoms with Gasteiger partial charge in [0.25, 0.3) is 0 Å². The number of rotatable bonds is 6. The Hall–Kier alpha value is -1.54. The van der Waals surface area contributed by atoms with Crippen LogP contribution in [-0.4, -0.2) is 33.7 Å². The summed E-state index contributed by atoms with van der Waals surface area (Å²) in [7, 11) is 0. The number of primary amides is 2. The molecule has 0 aromatic heterocycles. The van der Waals surface area contributed by atoms with Crippen molar-refractivity contribution in [2.75, 3.05) is 0 Å². The number of carbonyl (C=O) groups is 2. The number of hydrogen-bond acceptors (Lipinski definition) is 4. The molecule has 8 heteroatoms. The van der Waals surface area contributed by atoms with Crippen molar-refractivity contribution in [1.82, 2.24) is 10.0 Å². The van der Waals surface area contributed by atoms with Crippen molar-refractivity contribution in [3.63, 3.8) is 0 Å². The third-order valence-electron chi connectivity index (χ3n) is 3.38. The fraction of sp³-hybridized carbons (Fsp3) is 0.800. The zero-order chi connectivity index (χ0) is 14.5. The topological polar surface area (TPSA) is 145 Å². The lowest BCUT2D eigenvalue weighted by molar-refractivity contribution is 0.0868. The minimum absolute atomic E-state index is 0.308. The van der Waals surface area contributed by atoms with Crippen LogP contribution in [0.15, 0.2) is 0 Å². The van der Waals surface area contributed by atoms with E-state index in [4.69, 9.17) is 23.2 Å². The van der Waals surface area contributed by atoms with Crippen molar-refractivity contribution in [1.29, 1.82) is 0 Å². The van der Waals surface area contributed by atoms with Crippen molar-refractivity contribution in [2.45, 2.75) is 51.6 Å². The molecule has 0 rings (SSSR count). The zero-order valence-corrected chi connectivity index (χ0v) is 11.2. The van der Waals surface area contributed by atoms with E-state index in [9.17, 15) is 9.59 Å². The summed E-state index contributed by atoms with van der Waals surface area (Å²) >= 11 is 0. The van der Waals surface area contributed by atoms with E-state index in [1.54, 1.807) is 6.92 Å². The maximum absolute atomic E-state index is 11.2. The molecular formula is C10H24N6O2. The summed E-state index contributed by atoms with van der Waals surface area (Å²) in [5.74, 6) is 11.3. The Bertz CT molecular complexity index is 311. The van der Waals surface area contributed by atoms with E-state index in [1.807, 2.05) is 13.8 Å². The largest absolute Gasteiger partial charge is 0.350 e. The smallest absolute Gasteiger partial charge is 0.329 e. The lowest BCUT2D eigenvalue weighted by Crippen LogP contribution is -2.59. The lowest BCUT2D eigenvalue weighted by Gasteiger charge is -2.40. The molecule has 0 aliphatic heterocycles. The zero-order valence-electron chi connectivity index (χ0n) is 11.2. The molecule has 0 heterocycles. The molecule has 0 aliphatic carbocycles. The molecular weight excluding hydrogens is 236 g/mol. The van der Waals surface area contributed by atoms with Gasteiger partial charge < -0.3 is 11.5 Å². The molecule has 2 atom stereocenters. The Morgan fingerprint density at radius 2 is 1.67 bits per heavy atom. The van der Waals surface area contributed by atoms with Gasteiger partial charge in [-0.15, -0.1) is 0 Å². The van der Waals surface area contributed by atoms with E-state index < -0.39 is 17.6 Å². The van der Waals surface area contributed by atoms with Crippen LogP contribution in [0.2, 0.25) is 0 Å². The summed E-state index contributed by atoms with van der Waals surface area (Å²) in [6.07, 6.45) is 1.58. The number of nitrogens with zero attached hydrogens (tertiary/aromatic N) is 2. The molecule has 0 aromatic rings.